The maximum Gasteiger partial charge on any atom is 0.340 e. The van der Waals surface area contributed by atoms with E-state index in [1.54, 1.807) is 30.0 Å². The van der Waals surface area contributed by atoms with E-state index in [9.17, 15) is 14.4 Å². The van der Waals surface area contributed by atoms with Gasteiger partial charge in [-0.05, 0) is 49.1 Å². The average molecular weight is 438 g/mol. The summed E-state index contributed by atoms with van der Waals surface area (Å²) in [7, 11) is 0. The Bertz CT molecular complexity index is 1050. The van der Waals surface area contributed by atoms with Crippen LogP contribution in [0.5, 0.6) is 11.5 Å². The molecule has 168 valence electrons. The number of benzene rings is 2. The largest absolute Gasteiger partial charge is 0.486 e. The third-order valence-electron chi connectivity index (χ3n) is 5.64. The summed E-state index contributed by atoms with van der Waals surface area (Å²) < 4.78 is 16.6. The molecule has 4 rings (SSSR count). The van der Waals surface area contributed by atoms with Crippen LogP contribution in [0.1, 0.15) is 47.3 Å². The minimum atomic E-state index is -0.652. The zero-order chi connectivity index (χ0) is 22.7. The van der Waals surface area contributed by atoms with Gasteiger partial charge < -0.3 is 24.4 Å². The molecule has 0 radical (unpaired) electrons. The third-order valence-corrected chi connectivity index (χ3v) is 5.64. The van der Waals surface area contributed by atoms with E-state index in [1.807, 2.05) is 18.2 Å². The summed E-state index contributed by atoms with van der Waals surface area (Å²) in [4.78, 5) is 38.8. The Hall–Kier alpha value is -3.55. The number of esters is 1. The fourth-order valence-corrected chi connectivity index (χ4v) is 4.15. The zero-order valence-electron chi connectivity index (χ0n) is 18.2. The Morgan fingerprint density at radius 3 is 2.69 bits per heavy atom. The summed E-state index contributed by atoms with van der Waals surface area (Å²) in [6, 6.07) is 10.7. The van der Waals surface area contributed by atoms with Crippen molar-refractivity contribution in [2.75, 3.05) is 31.7 Å². The summed E-state index contributed by atoms with van der Waals surface area (Å²) in [6.45, 7) is 4.41. The molecule has 8 heteroatoms. The van der Waals surface area contributed by atoms with Gasteiger partial charge in [0.15, 0.2) is 18.1 Å². The lowest BCUT2D eigenvalue weighted by Gasteiger charge is -2.26. The van der Waals surface area contributed by atoms with Crippen LogP contribution in [0.25, 0.3) is 0 Å². The highest BCUT2D eigenvalue weighted by Gasteiger charge is 2.31. The number of carbonyl (C=O) groups excluding carboxylic acids is 3. The molecule has 32 heavy (non-hydrogen) atoms. The molecule has 0 bridgehead atoms. The molecule has 0 aliphatic carbocycles. The van der Waals surface area contributed by atoms with Crippen molar-refractivity contribution in [3.63, 3.8) is 0 Å². The number of likely N-dealkylation sites (tertiary alicyclic amines) is 1. The molecule has 2 aliphatic rings. The van der Waals surface area contributed by atoms with Gasteiger partial charge in [-0.15, -0.1) is 0 Å². The minimum Gasteiger partial charge on any atom is -0.486 e. The topological polar surface area (TPSA) is 94.2 Å². The normalized spacial score (nSPS) is 17.1. The lowest BCUT2D eigenvalue weighted by Crippen LogP contribution is -2.34. The predicted octanol–water partition coefficient (Wildman–Crippen LogP) is 3.25. The van der Waals surface area contributed by atoms with Crippen LogP contribution in [-0.2, 0) is 14.3 Å². The highest BCUT2D eigenvalue weighted by molar-refractivity contribution is 6.02. The van der Waals surface area contributed by atoms with Crippen LogP contribution in [0.3, 0.4) is 0 Å². The molecule has 2 amide bonds. The molecular formula is C24H26N2O6. The maximum atomic E-state index is 12.9. The molecule has 2 aromatic rings. The second-order valence-corrected chi connectivity index (χ2v) is 7.90. The molecule has 1 atom stereocenters. The first-order valence-corrected chi connectivity index (χ1v) is 10.7. The van der Waals surface area contributed by atoms with Crippen molar-refractivity contribution in [3.8, 4) is 11.5 Å². The number of hydrogen-bond donors (Lipinski definition) is 1. The number of hydrogen-bond acceptors (Lipinski definition) is 6. The van der Waals surface area contributed by atoms with Crippen molar-refractivity contribution in [3.05, 3.63) is 53.1 Å². The Balaban J connectivity index is 1.43. The van der Waals surface area contributed by atoms with E-state index in [4.69, 9.17) is 14.2 Å². The Morgan fingerprint density at radius 2 is 1.91 bits per heavy atom. The number of ether oxygens (including phenoxy) is 3. The Morgan fingerprint density at radius 1 is 1.12 bits per heavy atom. The van der Waals surface area contributed by atoms with Gasteiger partial charge in [0, 0.05) is 13.5 Å². The molecule has 0 aromatic heterocycles. The highest BCUT2D eigenvalue weighted by atomic mass is 16.6. The number of nitrogens with zero attached hydrogens (tertiary/aromatic N) is 1. The Labute approximate surface area is 186 Å². The number of anilines is 1. The standard InChI is InChI=1S/C24H26N2O6/c1-15-5-3-6-18(23(15)25-16(2)27)24(29)32-14-22(28)26-10-4-7-19(26)17-8-9-20-21(13-17)31-12-11-30-20/h3,5-6,8-9,13,19H,4,7,10-12,14H2,1-2H3,(H,25,27). The Kier molecular flexibility index (Phi) is 6.30. The predicted molar refractivity (Wildman–Crippen MR) is 117 cm³/mol. The van der Waals surface area contributed by atoms with Gasteiger partial charge in [-0.3, -0.25) is 9.59 Å². The third kappa shape index (κ3) is 4.54. The molecule has 1 N–H and O–H groups in total. The summed E-state index contributed by atoms with van der Waals surface area (Å²) in [5.41, 5.74) is 2.32. The van der Waals surface area contributed by atoms with Crippen molar-refractivity contribution in [1.82, 2.24) is 4.90 Å². The fraction of sp³-hybridized carbons (Fsp3) is 0.375. The molecule has 0 spiro atoms. The van der Waals surface area contributed by atoms with Crippen molar-refractivity contribution >= 4 is 23.5 Å². The van der Waals surface area contributed by atoms with Crippen LogP contribution in [0.15, 0.2) is 36.4 Å². The first-order chi connectivity index (χ1) is 15.4. The van der Waals surface area contributed by atoms with Gasteiger partial charge in [-0.25, -0.2) is 4.79 Å². The van der Waals surface area contributed by atoms with Crippen LogP contribution in [0.2, 0.25) is 0 Å². The van der Waals surface area contributed by atoms with E-state index in [0.717, 1.165) is 24.0 Å². The molecule has 2 aromatic carbocycles. The average Bonchev–Trinajstić information content (AvgIpc) is 3.28. The number of para-hydroxylation sites is 1. The van der Waals surface area contributed by atoms with E-state index in [0.29, 0.717) is 36.9 Å². The molecule has 0 saturated carbocycles. The van der Waals surface area contributed by atoms with E-state index in [1.165, 1.54) is 6.92 Å². The molecule has 1 fully saturated rings. The summed E-state index contributed by atoms with van der Waals surface area (Å²) in [5, 5.41) is 2.66. The van der Waals surface area contributed by atoms with Crippen LogP contribution in [0, 0.1) is 6.92 Å². The van der Waals surface area contributed by atoms with Crippen LogP contribution in [0.4, 0.5) is 5.69 Å². The number of fused-ring (bicyclic) bond motifs is 1. The number of rotatable bonds is 5. The molecule has 8 nitrogen and oxygen atoms in total. The smallest absolute Gasteiger partial charge is 0.340 e. The first-order valence-electron chi connectivity index (χ1n) is 10.7. The lowest BCUT2D eigenvalue weighted by atomic mass is 10.0. The van der Waals surface area contributed by atoms with Gasteiger partial charge in [-0.1, -0.05) is 18.2 Å². The summed E-state index contributed by atoms with van der Waals surface area (Å²) in [5.74, 6) is 0.191. The van der Waals surface area contributed by atoms with Gasteiger partial charge in [0.1, 0.15) is 13.2 Å². The van der Waals surface area contributed by atoms with E-state index >= 15 is 0 Å². The monoisotopic (exact) mass is 438 g/mol. The first kappa shape index (κ1) is 21.7. The second-order valence-electron chi connectivity index (χ2n) is 7.90. The number of nitrogens with one attached hydrogen (secondary N) is 1. The van der Waals surface area contributed by atoms with Crippen LogP contribution in [-0.4, -0.2) is 49.0 Å². The van der Waals surface area contributed by atoms with Gasteiger partial charge >= 0.3 is 5.97 Å². The quantitative estimate of drug-likeness (QED) is 0.721. The van der Waals surface area contributed by atoms with Crippen LogP contribution < -0.4 is 14.8 Å². The highest BCUT2D eigenvalue weighted by Crippen LogP contribution is 2.38. The summed E-state index contributed by atoms with van der Waals surface area (Å²) in [6.07, 6.45) is 1.69. The van der Waals surface area contributed by atoms with Crippen molar-refractivity contribution in [1.29, 1.82) is 0 Å². The maximum absolute atomic E-state index is 12.9. The van der Waals surface area contributed by atoms with Crippen molar-refractivity contribution < 1.29 is 28.6 Å². The minimum absolute atomic E-state index is 0.106. The zero-order valence-corrected chi connectivity index (χ0v) is 18.2. The molecule has 2 aliphatic heterocycles. The van der Waals surface area contributed by atoms with E-state index in [-0.39, 0.29) is 30.0 Å². The molecule has 2 heterocycles. The molecule has 1 saturated heterocycles. The van der Waals surface area contributed by atoms with Gasteiger partial charge in [0.05, 0.1) is 17.3 Å². The van der Waals surface area contributed by atoms with Crippen LogP contribution >= 0.6 is 0 Å². The molecule has 1 unspecified atom stereocenters. The second kappa shape index (κ2) is 9.30. The number of carbonyl (C=O) groups is 3. The SMILES string of the molecule is CC(=O)Nc1c(C)cccc1C(=O)OCC(=O)N1CCCC1c1ccc2c(c1)OCCO2. The van der Waals surface area contributed by atoms with E-state index < -0.39 is 5.97 Å². The summed E-state index contributed by atoms with van der Waals surface area (Å²) >= 11 is 0. The van der Waals surface area contributed by atoms with Crippen molar-refractivity contribution in [2.24, 2.45) is 0 Å². The van der Waals surface area contributed by atoms with E-state index in [2.05, 4.69) is 5.32 Å². The number of aryl methyl sites for hydroxylation is 1. The van der Waals surface area contributed by atoms with Gasteiger partial charge in [0.2, 0.25) is 5.91 Å². The molecular weight excluding hydrogens is 412 g/mol. The van der Waals surface area contributed by atoms with Crippen molar-refractivity contribution in [2.45, 2.75) is 32.7 Å². The lowest BCUT2D eigenvalue weighted by molar-refractivity contribution is -0.135. The fourth-order valence-electron chi connectivity index (χ4n) is 4.15. The van der Waals surface area contributed by atoms with Gasteiger partial charge in [-0.2, -0.15) is 0 Å². The van der Waals surface area contributed by atoms with Gasteiger partial charge in [0.25, 0.3) is 5.91 Å². The number of amides is 2.